The summed E-state index contributed by atoms with van der Waals surface area (Å²) in [5.74, 6) is 0.380. The Balaban J connectivity index is 2.36. The topological polar surface area (TPSA) is 65.5 Å². The first-order valence-corrected chi connectivity index (χ1v) is 9.17. The van der Waals surface area contributed by atoms with Crippen molar-refractivity contribution in [3.8, 4) is 0 Å². The molecule has 0 bridgehead atoms. The molecular weight excluding hydrogens is 356 g/mol. The van der Waals surface area contributed by atoms with E-state index in [1.54, 1.807) is 23.6 Å². The SMILES string of the molecule is CCC1CN(S(=O)(=O)c2cc(Br)cnc2NC)CCN1C. The second-order valence-electron chi connectivity index (χ2n) is 5.16. The molecule has 118 valence electrons. The molecule has 0 radical (unpaired) electrons. The van der Waals surface area contributed by atoms with Gasteiger partial charge in [-0.2, -0.15) is 4.31 Å². The summed E-state index contributed by atoms with van der Waals surface area (Å²) in [5, 5.41) is 2.85. The Hall–Kier alpha value is -0.700. The molecule has 8 heteroatoms. The van der Waals surface area contributed by atoms with Crippen molar-refractivity contribution in [1.82, 2.24) is 14.2 Å². The predicted octanol–water partition coefficient (Wildman–Crippen LogP) is 1.60. The molecule has 1 atom stereocenters. The highest BCUT2D eigenvalue weighted by atomic mass is 79.9. The molecule has 0 aromatic carbocycles. The molecule has 6 nitrogen and oxygen atoms in total. The molecule has 0 spiro atoms. The first kappa shape index (κ1) is 16.7. The molecule has 21 heavy (non-hydrogen) atoms. The molecule has 1 fully saturated rings. The summed E-state index contributed by atoms with van der Waals surface area (Å²) in [5.41, 5.74) is 0. The van der Waals surface area contributed by atoms with Gasteiger partial charge in [0.15, 0.2) is 0 Å². The number of piperazine rings is 1. The second kappa shape index (κ2) is 6.60. The Morgan fingerprint density at radius 3 is 2.81 bits per heavy atom. The number of hydrogen-bond donors (Lipinski definition) is 1. The largest absolute Gasteiger partial charge is 0.372 e. The van der Waals surface area contributed by atoms with Gasteiger partial charge in [-0.05, 0) is 35.5 Å². The maximum Gasteiger partial charge on any atom is 0.246 e. The van der Waals surface area contributed by atoms with E-state index in [0.29, 0.717) is 23.4 Å². The van der Waals surface area contributed by atoms with Crippen molar-refractivity contribution < 1.29 is 8.42 Å². The van der Waals surface area contributed by atoms with Crippen LogP contribution in [-0.2, 0) is 10.0 Å². The number of nitrogens with zero attached hydrogens (tertiary/aromatic N) is 3. The van der Waals surface area contributed by atoms with Gasteiger partial charge in [0.05, 0.1) is 0 Å². The van der Waals surface area contributed by atoms with Crippen LogP contribution in [0.15, 0.2) is 21.6 Å². The van der Waals surface area contributed by atoms with E-state index >= 15 is 0 Å². The molecule has 0 saturated carbocycles. The van der Waals surface area contributed by atoms with Gasteiger partial charge < -0.3 is 10.2 Å². The zero-order valence-electron chi connectivity index (χ0n) is 12.5. The molecule has 1 saturated heterocycles. The minimum Gasteiger partial charge on any atom is -0.372 e. The van der Waals surface area contributed by atoms with Gasteiger partial charge in [-0.15, -0.1) is 0 Å². The molecule has 0 amide bonds. The maximum atomic E-state index is 12.9. The number of pyridine rings is 1. The Labute approximate surface area is 134 Å². The third-order valence-corrected chi connectivity index (χ3v) is 6.20. The smallest absolute Gasteiger partial charge is 0.246 e. The highest BCUT2D eigenvalue weighted by Gasteiger charge is 2.33. The van der Waals surface area contributed by atoms with Crippen LogP contribution < -0.4 is 5.32 Å². The normalized spacial score (nSPS) is 21.4. The van der Waals surface area contributed by atoms with Crippen molar-refractivity contribution in [3.05, 3.63) is 16.7 Å². The standard InChI is InChI=1S/C13H21BrN4O2S/c1-4-11-9-18(6-5-17(11)3)21(19,20)12-7-10(14)8-16-13(12)15-2/h7-8,11H,4-6,9H2,1-3H3,(H,15,16). The number of rotatable bonds is 4. The van der Waals surface area contributed by atoms with E-state index < -0.39 is 10.0 Å². The van der Waals surface area contributed by atoms with E-state index in [1.807, 2.05) is 7.05 Å². The Morgan fingerprint density at radius 2 is 2.19 bits per heavy atom. The number of sulfonamides is 1. The van der Waals surface area contributed by atoms with Crippen LogP contribution in [0.4, 0.5) is 5.82 Å². The molecule has 1 aliphatic rings. The zero-order valence-corrected chi connectivity index (χ0v) is 14.9. The third-order valence-electron chi connectivity index (χ3n) is 3.89. The van der Waals surface area contributed by atoms with Gasteiger partial charge in [-0.25, -0.2) is 13.4 Å². The summed E-state index contributed by atoms with van der Waals surface area (Å²) in [4.78, 5) is 6.57. The lowest BCUT2D eigenvalue weighted by Crippen LogP contribution is -2.52. The first-order valence-electron chi connectivity index (χ1n) is 6.93. The molecule has 1 aromatic rings. The number of likely N-dealkylation sites (N-methyl/N-ethyl adjacent to an activating group) is 1. The fourth-order valence-corrected chi connectivity index (χ4v) is 4.65. The monoisotopic (exact) mass is 376 g/mol. The number of aromatic nitrogens is 1. The molecule has 0 aliphatic carbocycles. The summed E-state index contributed by atoms with van der Waals surface area (Å²) in [7, 11) is 0.172. The second-order valence-corrected chi connectivity index (χ2v) is 7.98. The lowest BCUT2D eigenvalue weighted by atomic mass is 10.1. The molecular formula is C13H21BrN4O2S. The number of halogens is 1. The van der Waals surface area contributed by atoms with E-state index in [0.717, 1.165) is 13.0 Å². The van der Waals surface area contributed by atoms with Gasteiger partial charge in [0.2, 0.25) is 10.0 Å². The van der Waals surface area contributed by atoms with Crippen molar-refractivity contribution in [2.75, 3.05) is 39.0 Å². The Bertz CT molecular complexity index is 608. The van der Waals surface area contributed by atoms with Crippen LogP contribution in [0.3, 0.4) is 0 Å². The lowest BCUT2D eigenvalue weighted by molar-refractivity contribution is 0.144. The number of hydrogen-bond acceptors (Lipinski definition) is 5. The minimum atomic E-state index is -3.54. The average Bonchev–Trinajstić information content (AvgIpc) is 2.47. The zero-order chi connectivity index (χ0) is 15.6. The molecule has 1 N–H and O–H groups in total. The number of anilines is 1. The summed E-state index contributed by atoms with van der Waals surface area (Å²) < 4.78 is 28.0. The van der Waals surface area contributed by atoms with E-state index in [4.69, 9.17) is 0 Å². The molecule has 2 rings (SSSR count). The van der Waals surface area contributed by atoms with Crippen molar-refractivity contribution in [2.45, 2.75) is 24.3 Å². The van der Waals surface area contributed by atoms with Crippen LogP contribution in [0, 0.1) is 0 Å². The van der Waals surface area contributed by atoms with Gasteiger partial charge in [-0.1, -0.05) is 6.92 Å². The summed E-state index contributed by atoms with van der Waals surface area (Å²) in [6.45, 7) is 3.85. The fraction of sp³-hybridized carbons (Fsp3) is 0.615. The van der Waals surface area contributed by atoms with E-state index in [-0.39, 0.29) is 10.9 Å². The van der Waals surface area contributed by atoms with Crippen molar-refractivity contribution in [2.24, 2.45) is 0 Å². The van der Waals surface area contributed by atoms with E-state index in [9.17, 15) is 8.42 Å². The van der Waals surface area contributed by atoms with Crippen LogP contribution in [0.1, 0.15) is 13.3 Å². The number of nitrogens with one attached hydrogen (secondary N) is 1. The van der Waals surface area contributed by atoms with Crippen LogP contribution in [0.5, 0.6) is 0 Å². The average molecular weight is 377 g/mol. The lowest BCUT2D eigenvalue weighted by Gasteiger charge is -2.38. The van der Waals surface area contributed by atoms with Crippen LogP contribution in [-0.4, -0.2) is 62.4 Å². The highest BCUT2D eigenvalue weighted by Crippen LogP contribution is 2.27. The molecule has 2 heterocycles. The van der Waals surface area contributed by atoms with Gasteiger partial charge >= 0.3 is 0 Å². The summed E-state index contributed by atoms with van der Waals surface area (Å²) >= 11 is 3.30. The van der Waals surface area contributed by atoms with Crippen molar-refractivity contribution in [3.63, 3.8) is 0 Å². The van der Waals surface area contributed by atoms with Gasteiger partial charge in [0.1, 0.15) is 10.7 Å². The van der Waals surface area contributed by atoms with Crippen molar-refractivity contribution in [1.29, 1.82) is 0 Å². The molecule has 1 aliphatic heterocycles. The van der Waals surface area contributed by atoms with Gasteiger partial charge in [0.25, 0.3) is 0 Å². The minimum absolute atomic E-state index is 0.221. The Morgan fingerprint density at radius 1 is 1.48 bits per heavy atom. The predicted molar refractivity (Wildman–Crippen MR) is 87.0 cm³/mol. The van der Waals surface area contributed by atoms with E-state index in [1.165, 1.54) is 0 Å². The van der Waals surface area contributed by atoms with Gasteiger partial charge in [0, 0.05) is 43.4 Å². The highest BCUT2D eigenvalue weighted by molar-refractivity contribution is 9.10. The van der Waals surface area contributed by atoms with Gasteiger partial charge in [-0.3, -0.25) is 0 Å². The summed E-state index contributed by atoms with van der Waals surface area (Å²) in [6.07, 6.45) is 2.52. The van der Waals surface area contributed by atoms with Crippen LogP contribution in [0.2, 0.25) is 0 Å². The van der Waals surface area contributed by atoms with Crippen LogP contribution >= 0.6 is 15.9 Å². The molecule has 1 aromatic heterocycles. The van der Waals surface area contributed by atoms with Crippen LogP contribution in [0.25, 0.3) is 0 Å². The summed E-state index contributed by atoms with van der Waals surface area (Å²) in [6, 6.07) is 1.86. The van der Waals surface area contributed by atoms with E-state index in [2.05, 4.69) is 38.1 Å². The first-order chi connectivity index (χ1) is 9.90. The third kappa shape index (κ3) is 3.39. The Kier molecular flexibility index (Phi) is 5.24. The fourth-order valence-electron chi connectivity index (χ4n) is 2.52. The molecule has 1 unspecified atom stereocenters. The maximum absolute atomic E-state index is 12.9. The quantitative estimate of drug-likeness (QED) is 0.864. The van der Waals surface area contributed by atoms with Crippen molar-refractivity contribution >= 4 is 31.8 Å².